The first-order valence-electron chi connectivity index (χ1n) is 10.9. The van der Waals surface area contributed by atoms with Crippen LogP contribution in [0, 0.1) is 6.92 Å². The molecule has 0 radical (unpaired) electrons. The van der Waals surface area contributed by atoms with Gasteiger partial charge in [0.25, 0.3) is 0 Å². The van der Waals surface area contributed by atoms with Crippen LogP contribution in [0.25, 0.3) is 0 Å². The van der Waals surface area contributed by atoms with Crippen LogP contribution in [0.2, 0.25) is 0 Å². The van der Waals surface area contributed by atoms with E-state index in [0.717, 1.165) is 19.4 Å². The number of nitrogens with one attached hydrogen (secondary N) is 1. The molecule has 2 fully saturated rings. The number of hydrogen-bond donors (Lipinski definition) is 1. The molecule has 0 spiro atoms. The largest absolute Gasteiger partial charge is 0.379 e. The van der Waals surface area contributed by atoms with Crippen molar-refractivity contribution >= 4 is 33.4 Å². The predicted octanol–water partition coefficient (Wildman–Crippen LogP) is 1.30. The number of carbonyl (C=O) groups excluding carboxylic acids is 1. The van der Waals surface area contributed by atoms with Gasteiger partial charge in [0.2, 0.25) is 21.1 Å². The van der Waals surface area contributed by atoms with Gasteiger partial charge in [-0.1, -0.05) is 17.8 Å². The third-order valence-corrected chi connectivity index (χ3v) is 8.71. The summed E-state index contributed by atoms with van der Waals surface area (Å²) in [6.45, 7) is 6.15. The highest BCUT2D eigenvalue weighted by Gasteiger charge is 2.28. The van der Waals surface area contributed by atoms with Crippen molar-refractivity contribution in [3.8, 4) is 0 Å². The molecule has 1 amide bonds. The second-order valence-corrected chi connectivity index (χ2v) is 11.2. The van der Waals surface area contributed by atoms with E-state index in [4.69, 9.17) is 9.47 Å². The fraction of sp³-hybridized carbons (Fsp3) is 0.600. The third-order valence-electron chi connectivity index (χ3n) is 5.59. The third kappa shape index (κ3) is 5.72. The molecule has 180 valence electrons. The quantitative estimate of drug-likeness (QED) is 0.538. The number of sulfonamides is 1. The Morgan fingerprint density at radius 2 is 2.09 bits per heavy atom. The molecular weight excluding hydrogens is 468 g/mol. The Hall–Kier alpha value is -2.06. The van der Waals surface area contributed by atoms with Crippen LogP contribution in [0.15, 0.2) is 28.3 Å². The normalized spacial score (nSPS) is 20.6. The summed E-state index contributed by atoms with van der Waals surface area (Å²) in [5.74, 6) is -0.273. The lowest BCUT2D eigenvalue weighted by Crippen LogP contribution is -2.40. The van der Waals surface area contributed by atoms with Gasteiger partial charge in [0, 0.05) is 25.4 Å². The molecule has 0 bridgehead atoms. The van der Waals surface area contributed by atoms with Crippen molar-refractivity contribution in [3.05, 3.63) is 23.8 Å². The molecule has 11 nitrogen and oxygen atoms in total. The number of hydrogen-bond acceptors (Lipinski definition) is 9. The molecule has 1 aromatic heterocycles. The van der Waals surface area contributed by atoms with E-state index >= 15 is 0 Å². The molecule has 3 heterocycles. The van der Waals surface area contributed by atoms with Crippen molar-refractivity contribution in [1.29, 1.82) is 0 Å². The van der Waals surface area contributed by atoms with Crippen LogP contribution in [-0.2, 0) is 30.8 Å². The van der Waals surface area contributed by atoms with Gasteiger partial charge in [0.05, 0.1) is 36.0 Å². The summed E-state index contributed by atoms with van der Waals surface area (Å²) >= 11 is 1.24. The van der Waals surface area contributed by atoms with Crippen LogP contribution < -0.4 is 5.32 Å². The molecule has 0 saturated carbocycles. The maximum absolute atomic E-state index is 13.1. The number of tetrazole rings is 1. The van der Waals surface area contributed by atoms with Gasteiger partial charge in [-0.3, -0.25) is 4.79 Å². The molecule has 2 aliphatic heterocycles. The number of nitrogens with zero attached hydrogens (tertiary/aromatic N) is 5. The summed E-state index contributed by atoms with van der Waals surface area (Å²) in [7, 11) is -3.67. The number of aromatic nitrogens is 4. The molecule has 33 heavy (non-hydrogen) atoms. The lowest BCUT2D eigenvalue weighted by atomic mass is 10.2. The Kier molecular flexibility index (Phi) is 7.64. The standard InChI is InChI=1S/C20H28N6O5S2/c1-14-5-6-16(12-18(14)33(28,29)25-7-10-30-11-8-25)21-19(27)15(2)32-20-22-23-24-26(20)13-17-4-3-9-31-17/h5-6,12,15,17H,3-4,7-11,13H2,1-2H3,(H,21,27)/t15-,17-/m1/s1. The van der Waals surface area contributed by atoms with Crippen LogP contribution in [0.4, 0.5) is 5.69 Å². The van der Waals surface area contributed by atoms with E-state index in [2.05, 4.69) is 20.8 Å². The second kappa shape index (κ2) is 10.5. The zero-order valence-electron chi connectivity index (χ0n) is 18.6. The highest BCUT2D eigenvalue weighted by molar-refractivity contribution is 8.00. The predicted molar refractivity (Wildman–Crippen MR) is 121 cm³/mol. The van der Waals surface area contributed by atoms with E-state index in [1.54, 1.807) is 30.7 Å². The van der Waals surface area contributed by atoms with Gasteiger partial charge in [-0.05, 0) is 54.8 Å². The topological polar surface area (TPSA) is 129 Å². The first-order valence-corrected chi connectivity index (χ1v) is 13.2. The molecule has 0 aliphatic carbocycles. The molecule has 2 aromatic rings. The maximum atomic E-state index is 13.1. The van der Waals surface area contributed by atoms with E-state index in [0.29, 0.717) is 49.3 Å². The molecule has 1 aromatic carbocycles. The highest BCUT2D eigenvalue weighted by atomic mass is 32.2. The van der Waals surface area contributed by atoms with E-state index in [-0.39, 0.29) is 16.9 Å². The van der Waals surface area contributed by atoms with Crippen LogP contribution in [-0.4, -0.2) is 83.1 Å². The lowest BCUT2D eigenvalue weighted by Gasteiger charge is -2.27. The Balaban J connectivity index is 1.42. The SMILES string of the molecule is Cc1ccc(NC(=O)[C@@H](C)Sc2nnnn2C[C@H]2CCCO2)cc1S(=O)(=O)N1CCOCC1. The Morgan fingerprint density at radius 1 is 1.30 bits per heavy atom. The van der Waals surface area contributed by atoms with Gasteiger partial charge >= 0.3 is 0 Å². The number of aryl methyl sites for hydroxylation is 1. The average Bonchev–Trinajstić information content (AvgIpc) is 3.48. The van der Waals surface area contributed by atoms with Crippen molar-refractivity contribution in [3.63, 3.8) is 0 Å². The number of benzene rings is 1. The zero-order chi connectivity index (χ0) is 23.4. The molecule has 0 unspecified atom stereocenters. The molecule has 4 rings (SSSR count). The van der Waals surface area contributed by atoms with Gasteiger partial charge in [0.15, 0.2) is 0 Å². The van der Waals surface area contributed by atoms with Crippen molar-refractivity contribution in [2.45, 2.75) is 54.6 Å². The minimum Gasteiger partial charge on any atom is -0.379 e. The van der Waals surface area contributed by atoms with E-state index in [1.165, 1.54) is 22.1 Å². The first kappa shape index (κ1) is 24.1. The second-order valence-electron chi connectivity index (χ2n) is 8.02. The van der Waals surface area contributed by atoms with Gasteiger partial charge in [-0.25, -0.2) is 13.1 Å². The number of amides is 1. The van der Waals surface area contributed by atoms with Crippen LogP contribution in [0.3, 0.4) is 0 Å². The van der Waals surface area contributed by atoms with E-state index < -0.39 is 15.3 Å². The summed E-state index contributed by atoms with van der Waals surface area (Å²) in [6.07, 6.45) is 2.06. The van der Waals surface area contributed by atoms with Crippen molar-refractivity contribution in [2.24, 2.45) is 0 Å². The fourth-order valence-corrected chi connectivity index (χ4v) is 6.17. The number of thioether (sulfide) groups is 1. The minimum atomic E-state index is -3.67. The van der Waals surface area contributed by atoms with Crippen LogP contribution in [0.5, 0.6) is 0 Å². The molecule has 2 atom stereocenters. The zero-order valence-corrected chi connectivity index (χ0v) is 20.3. The minimum absolute atomic E-state index is 0.0800. The smallest absolute Gasteiger partial charge is 0.243 e. The van der Waals surface area contributed by atoms with Crippen molar-refractivity contribution in [2.75, 3.05) is 38.2 Å². The summed E-state index contributed by atoms with van der Waals surface area (Å²) < 4.78 is 40.2. The Labute approximate surface area is 197 Å². The number of morpholine rings is 1. The van der Waals surface area contributed by atoms with Gasteiger partial charge < -0.3 is 14.8 Å². The van der Waals surface area contributed by atoms with Crippen molar-refractivity contribution in [1.82, 2.24) is 24.5 Å². The van der Waals surface area contributed by atoms with Gasteiger partial charge in [0.1, 0.15) is 0 Å². The van der Waals surface area contributed by atoms with Gasteiger partial charge in [-0.15, -0.1) is 5.10 Å². The number of rotatable bonds is 8. The monoisotopic (exact) mass is 496 g/mol. The van der Waals surface area contributed by atoms with Crippen molar-refractivity contribution < 1.29 is 22.7 Å². The highest BCUT2D eigenvalue weighted by Crippen LogP contribution is 2.26. The number of ether oxygens (including phenoxy) is 2. The van der Waals surface area contributed by atoms with Crippen LogP contribution >= 0.6 is 11.8 Å². The first-order chi connectivity index (χ1) is 15.8. The number of anilines is 1. The van der Waals surface area contributed by atoms with E-state index in [1.807, 2.05) is 0 Å². The average molecular weight is 497 g/mol. The summed E-state index contributed by atoms with van der Waals surface area (Å²) in [4.78, 5) is 13.0. The molecule has 13 heteroatoms. The maximum Gasteiger partial charge on any atom is 0.243 e. The summed E-state index contributed by atoms with van der Waals surface area (Å²) in [6, 6.07) is 4.91. The van der Waals surface area contributed by atoms with Crippen LogP contribution in [0.1, 0.15) is 25.3 Å². The molecule has 1 N–H and O–H groups in total. The molecular formula is C20H28N6O5S2. The fourth-order valence-electron chi connectivity index (χ4n) is 3.71. The lowest BCUT2D eigenvalue weighted by molar-refractivity contribution is -0.115. The van der Waals surface area contributed by atoms with Gasteiger partial charge in [-0.2, -0.15) is 4.31 Å². The summed E-state index contributed by atoms with van der Waals surface area (Å²) in [5, 5.41) is 14.6. The number of carbonyl (C=O) groups is 1. The Morgan fingerprint density at radius 3 is 2.82 bits per heavy atom. The van der Waals surface area contributed by atoms with E-state index in [9.17, 15) is 13.2 Å². The summed E-state index contributed by atoms with van der Waals surface area (Å²) in [5.41, 5.74) is 1.04. The Bertz CT molecular complexity index is 1080. The molecule has 2 saturated heterocycles. The molecule has 2 aliphatic rings.